The van der Waals surface area contributed by atoms with Gasteiger partial charge >= 0.3 is 0 Å². The number of benzene rings is 2. The maximum atomic E-state index is 6.14. The Morgan fingerprint density at radius 1 is 1.11 bits per heavy atom. The number of hydrogen-bond acceptors (Lipinski definition) is 2. The minimum absolute atomic E-state index is 0. The van der Waals surface area contributed by atoms with Crippen molar-refractivity contribution in [3.05, 3.63) is 57.6 Å². The predicted octanol–water partition coefficient (Wildman–Crippen LogP) is 4.97. The molecule has 0 spiro atoms. The van der Waals surface area contributed by atoms with Gasteiger partial charge in [0, 0.05) is 6.54 Å². The first kappa shape index (κ1) is 16.1. The van der Waals surface area contributed by atoms with Gasteiger partial charge in [0.25, 0.3) is 0 Å². The molecule has 0 saturated heterocycles. The molecule has 0 aliphatic heterocycles. The first-order valence-corrected chi connectivity index (χ1v) is 6.28. The lowest BCUT2D eigenvalue weighted by atomic mass is 10.2. The lowest BCUT2D eigenvalue weighted by molar-refractivity contribution is 0.482. The Balaban J connectivity index is 0.00000180. The van der Waals surface area contributed by atoms with Crippen LogP contribution in [-0.2, 0) is 6.54 Å². The molecule has 2 aromatic carbocycles. The summed E-state index contributed by atoms with van der Waals surface area (Å²) in [5.41, 5.74) is 7.54. The van der Waals surface area contributed by atoms with Crippen molar-refractivity contribution in [2.75, 3.05) is 0 Å². The first-order chi connectivity index (χ1) is 8.60. The van der Waals surface area contributed by atoms with E-state index >= 15 is 0 Å². The van der Waals surface area contributed by atoms with Crippen molar-refractivity contribution in [1.82, 2.24) is 0 Å². The minimum atomic E-state index is 0. The zero-order chi connectivity index (χ0) is 13.1. The Hall–Kier alpha value is -0.930. The van der Waals surface area contributed by atoms with Crippen molar-refractivity contribution in [2.24, 2.45) is 5.73 Å². The minimum Gasteiger partial charge on any atom is -0.454 e. The zero-order valence-electron chi connectivity index (χ0n) is 10.3. The van der Waals surface area contributed by atoms with Gasteiger partial charge in [-0.15, -0.1) is 12.4 Å². The van der Waals surface area contributed by atoms with E-state index in [1.54, 1.807) is 12.1 Å². The molecule has 0 aromatic heterocycles. The molecule has 0 fully saturated rings. The van der Waals surface area contributed by atoms with Crippen LogP contribution in [0.4, 0.5) is 0 Å². The highest BCUT2D eigenvalue weighted by Gasteiger charge is 2.10. The van der Waals surface area contributed by atoms with Crippen molar-refractivity contribution in [1.29, 1.82) is 0 Å². The molecule has 2 rings (SSSR count). The highest BCUT2D eigenvalue weighted by atomic mass is 35.5. The summed E-state index contributed by atoms with van der Waals surface area (Å²) in [6.07, 6.45) is 0. The topological polar surface area (TPSA) is 35.2 Å². The van der Waals surface area contributed by atoms with Crippen LogP contribution in [0.25, 0.3) is 0 Å². The first-order valence-electron chi connectivity index (χ1n) is 5.52. The van der Waals surface area contributed by atoms with E-state index < -0.39 is 0 Å². The quantitative estimate of drug-likeness (QED) is 0.866. The Morgan fingerprint density at radius 3 is 2.26 bits per heavy atom. The van der Waals surface area contributed by atoms with Crippen molar-refractivity contribution in [3.63, 3.8) is 0 Å². The third-order valence-corrected chi connectivity index (χ3v) is 3.06. The molecule has 0 aliphatic carbocycles. The van der Waals surface area contributed by atoms with E-state index in [0.717, 1.165) is 11.1 Å². The molecule has 102 valence electrons. The van der Waals surface area contributed by atoms with E-state index in [4.69, 9.17) is 33.7 Å². The standard InChI is InChI=1S/C14H13Cl2NO.ClH/c1-9-3-2-4-11(5-9)18-14-12(15)6-10(8-17)7-13(14)16;/h2-7H,8,17H2,1H3;1H. The molecule has 2 aromatic rings. The summed E-state index contributed by atoms with van der Waals surface area (Å²) in [6, 6.07) is 11.2. The molecule has 0 amide bonds. The van der Waals surface area contributed by atoms with E-state index in [-0.39, 0.29) is 12.4 Å². The maximum absolute atomic E-state index is 6.14. The average Bonchev–Trinajstić information content (AvgIpc) is 2.33. The Bertz CT molecular complexity index is 549. The van der Waals surface area contributed by atoms with Crippen LogP contribution in [0, 0.1) is 6.92 Å². The van der Waals surface area contributed by atoms with Gasteiger partial charge in [-0.3, -0.25) is 0 Å². The van der Waals surface area contributed by atoms with E-state index in [9.17, 15) is 0 Å². The smallest absolute Gasteiger partial charge is 0.164 e. The van der Waals surface area contributed by atoms with Gasteiger partial charge in [0.15, 0.2) is 5.75 Å². The fourth-order valence-electron chi connectivity index (χ4n) is 1.62. The summed E-state index contributed by atoms with van der Waals surface area (Å²) in [5, 5.41) is 0.925. The molecule has 0 radical (unpaired) electrons. The molecule has 0 bridgehead atoms. The summed E-state index contributed by atoms with van der Waals surface area (Å²) < 4.78 is 5.72. The second-order valence-corrected chi connectivity index (χ2v) is 4.83. The monoisotopic (exact) mass is 317 g/mol. The van der Waals surface area contributed by atoms with Crippen LogP contribution in [0.3, 0.4) is 0 Å². The van der Waals surface area contributed by atoms with Crippen LogP contribution in [0.2, 0.25) is 10.0 Å². The molecule has 0 unspecified atom stereocenters. The Kier molecular flexibility index (Phi) is 5.95. The third kappa shape index (κ3) is 4.02. The summed E-state index contributed by atoms with van der Waals surface area (Å²) in [7, 11) is 0. The van der Waals surface area contributed by atoms with Crippen molar-refractivity contribution in [3.8, 4) is 11.5 Å². The summed E-state index contributed by atoms with van der Waals surface area (Å²) >= 11 is 12.3. The SMILES string of the molecule is Cc1cccc(Oc2c(Cl)cc(CN)cc2Cl)c1.Cl. The van der Waals surface area contributed by atoms with Crippen LogP contribution in [0.15, 0.2) is 36.4 Å². The fourth-order valence-corrected chi connectivity index (χ4v) is 2.23. The van der Waals surface area contributed by atoms with E-state index in [0.29, 0.717) is 28.1 Å². The highest BCUT2D eigenvalue weighted by molar-refractivity contribution is 6.37. The molecule has 0 aliphatic rings. The van der Waals surface area contributed by atoms with Gasteiger partial charge in [-0.05, 0) is 42.3 Å². The summed E-state index contributed by atoms with van der Waals surface area (Å²) in [5.74, 6) is 1.17. The fraction of sp³-hybridized carbons (Fsp3) is 0.143. The molecule has 2 N–H and O–H groups in total. The van der Waals surface area contributed by atoms with Crippen LogP contribution in [0.5, 0.6) is 11.5 Å². The molecular formula is C14H14Cl3NO. The molecule has 0 heterocycles. The van der Waals surface area contributed by atoms with E-state index in [1.165, 1.54) is 0 Å². The predicted molar refractivity (Wildman–Crippen MR) is 82.9 cm³/mol. The second-order valence-electron chi connectivity index (χ2n) is 4.01. The van der Waals surface area contributed by atoms with Crippen LogP contribution >= 0.6 is 35.6 Å². The summed E-state index contributed by atoms with van der Waals surface area (Å²) in [4.78, 5) is 0. The Labute approximate surface area is 128 Å². The maximum Gasteiger partial charge on any atom is 0.164 e. The summed E-state index contributed by atoms with van der Waals surface area (Å²) in [6.45, 7) is 2.39. The molecular weight excluding hydrogens is 305 g/mol. The molecule has 0 atom stereocenters. The molecule has 2 nitrogen and oxygen atoms in total. The van der Waals surface area contributed by atoms with Gasteiger partial charge in [-0.25, -0.2) is 0 Å². The second kappa shape index (κ2) is 7.01. The number of aryl methyl sites for hydroxylation is 1. The van der Waals surface area contributed by atoms with E-state index in [1.807, 2.05) is 31.2 Å². The van der Waals surface area contributed by atoms with E-state index in [2.05, 4.69) is 0 Å². The number of nitrogens with two attached hydrogens (primary N) is 1. The van der Waals surface area contributed by atoms with Gasteiger partial charge in [0.05, 0.1) is 10.0 Å². The lowest BCUT2D eigenvalue weighted by Crippen LogP contribution is -1.97. The highest BCUT2D eigenvalue weighted by Crippen LogP contribution is 2.37. The largest absolute Gasteiger partial charge is 0.454 e. The average molecular weight is 319 g/mol. The van der Waals surface area contributed by atoms with Crippen molar-refractivity contribution >= 4 is 35.6 Å². The van der Waals surface area contributed by atoms with Crippen LogP contribution in [-0.4, -0.2) is 0 Å². The van der Waals surface area contributed by atoms with Crippen LogP contribution in [0.1, 0.15) is 11.1 Å². The van der Waals surface area contributed by atoms with Gasteiger partial charge in [-0.1, -0.05) is 35.3 Å². The molecule has 0 saturated carbocycles. The van der Waals surface area contributed by atoms with Gasteiger partial charge in [0.2, 0.25) is 0 Å². The molecule has 5 heteroatoms. The third-order valence-electron chi connectivity index (χ3n) is 2.50. The lowest BCUT2D eigenvalue weighted by Gasteiger charge is -2.11. The number of hydrogen-bond donors (Lipinski definition) is 1. The normalized spacial score (nSPS) is 9.89. The number of rotatable bonds is 3. The van der Waals surface area contributed by atoms with Gasteiger partial charge in [-0.2, -0.15) is 0 Å². The number of halogens is 3. The van der Waals surface area contributed by atoms with Gasteiger partial charge < -0.3 is 10.5 Å². The number of ether oxygens (including phenoxy) is 1. The van der Waals surface area contributed by atoms with Crippen LogP contribution < -0.4 is 10.5 Å². The molecule has 19 heavy (non-hydrogen) atoms. The van der Waals surface area contributed by atoms with Gasteiger partial charge in [0.1, 0.15) is 5.75 Å². The zero-order valence-corrected chi connectivity index (χ0v) is 12.6. The van der Waals surface area contributed by atoms with Crippen molar-refractivity contribution < 1.29 is 4.74 Å². The Morgan fingerprint density at radius 2 is 1.74 bits per heavy atom. The van der Waals surface area contributed by atoms with Crippen molar-refractivity contribution in [2.45, 2.75) is 13.5 Å².